The van der Waals surface area contributed by atoms with E-state index in [1.54, 1.807) is 19.2 Å². The van der Waals surface area contributed by atoms with Gasteiger partial charge in [-0.2, -0.15) is 0 Å². The summed E-state index contributed by atoms with van der Waals surface area (Å²) in [6.07, 6.45) is 3.19. The summed E-state index contributed by atoms with van der Waals surface area (Å²) in [5, 5.41) is 4.26. The van der Waals surface area contributed by atoms with E-state index in [1.165, 1.54) is 12.1 Å². The summed E-state index contributed by atoms with van der Waals surface area (Å²) in [6.45, 7) is 5.37. The van der Waals surface area contributed by atoms with E-state index in [1.807, 2.05) is 6.07 Å². The van der Waals surface area contributed by atoms with Crippen molar-refractivity contribution in [2.45, 2.75) is 39.3 Å². The monoisotopic (exact) mass is 443 g/mol. The first-order chi connectivity index (χ1) is 14.0. The fourth-order valence-electron chi connectivity index (χ4n) is 2.65. The van der Waals surface area contributed by atoms with Gasteiger partial charge in [-0.05, 0) is 43.1 Å². The Bertz CT molecular complexity index is 774. The summed E-state index contributed by atoms with van der Waals surface area (Å²) in [6, 6.07) is 7.78. The first-order valence-electron chi connectivity index (χ1n) is 9.76. The Morgan fingerprint density at radius 2 is 1.72 bits per heavy atom. The summed E-state index contributed by atoms with van der Waals surface area (Å²) in [5.41, 5.74) is 1.60. The number of hydrogen-bond acceptors (Lipinski definition) is 4. The number of methoxy groups -OCH3 is 1. The van der Waals surface area contributed by atoms with Gasteiger partial charge in [-0.1, -0.05) is 42.6 Å². The van der Waals surface area contributed by atoms with Gasteiger partial charge < -0.3 is 19.5 Å². The van der Waals surface area contributed by atoms with Crippen molar-refractivity contribution >= 4 is 23.2 Å². The van der Waals surface area contributed by atoms with Crippen LogP contribution in [0.4, 0.5) is 4.39 Å². The molecule has 0 saturated heterocycles. The fraction of sp³-hybridized carbons (Fsp3) is 0.455. The van der Waals surface area contributed by atoms with Gasteiger partial charge in [0.25, 0.3) is 0 Å². The zero-order valence-corrected chi connectivity index (χ0v) is 18.4. The molecule has 1 N–H and O–H groups in total. The first-order valence-corrected chi connectivity index (χ1v) is 10.5. The molecule has 0 unspecified atom stereocenters. The summed E-state index contributed by atoms with van der Waals surface area (Å²) < 4.78 is 30.0. The van der Waals surface area contributed by atoms with Crippen LogP contribution in [-0.2, 0) is 17.9 Å². The van der Waals surface area contributed by atoms with Gasteiger partial charge in [0, 0.05) is 36.4 Å². The molecule has 4 nitrogen and oxygen atoms in total. The van der Waals surface area contributed by atoms with Gasteiger partial charge in [-0.3, -0.25) is 0 Å². The zero-order chi connectivity index (χ0) is 21.1. The molecule has 0 spiro atoms. The Morgan fingerprint density at radius 1 is 0.966 bits per heavy atom. The molecule has 0 radical (unpaired) electrons. The molecule has 0 heterocycles. The number of benzene rings is 2. The molecule has 2 rings (SSSR count). The van der Waals surface area contributed by atoms with Crippen molar-refractivity contribution in [3.05, 3.63) is 57.3 Å². The highest BCUT2D eigenvalue weighted by Gasteiger charge is 2.12. The lowest BCUT2D eigenvalue weighted by molar-refractivity contribution is 0.129. The van der Waals surface area contributed by atoms with Crippen LogP contribution in [0.5, 0.6) is 11.5 Å². The lowest BCUT2D eigenvalue weighted by Crippen LogP contribution is -2.17. The van der Waals surface area contributed by atoms with Crippen molar-refractivity contribution in [3.8, 4) is 11.5 Å². The second-order valence-corrected chi connectivity index (χ2v) is 7.43. The van der Waals surface area contributed by atoms with Gasteiger partial charge in [0.1, 0.15) is 12.4 Å². The highest BCUT2D eigenvalue weighted by Crippen LogP contribution is 2.34. The van der Waals surface area contributed by atoms with Gasteiger partial charge in [0.2, 0.25) is 0 Å². The number of unbranched alkanes of at least 4 members (excludes halogenated alkanes) is 1. The van der Waals surface area contributed by atoms with Crippen LogP contribution in [-0.4, -0.2) is 26.9 Å². The second-order valence-electron chi connectivity index (χ2n) is 6.62. The Morgan fingerprint density at radius 3 is 2.45 bits per heavy atom. The van der Waals surface area contributed by atoms with Crippen molar-refractivity contribution in [2.24, 2.45) is 0 Å². The van der Waals surface area contributed by atoms with Crippen LogP contribution in [0.15, 0.2) is 30.3 Å². The number of nitrogens with one attached hydrogen (secondary N) is 1. The summed E-state index contributed by atoms with van der Waals surface area (Å²) in [5.74, 6) is 0.696. The molecule has 0 aliphatic carbocycles. The van der Waals surface area contributed by atoms with Crippen molar-refractivity contribution in [3.63, 3.8) is 0 Å². The Balaban J connectivity index is 1.87. The maximum Gasteiger partial charge on any atom is 0.163 e. The average molecular weight is 444 g/mol. The predicted molar refractivity (Wildman–Crippen MR) is 116 cm³/mol. The maximum atomic E-state index is 13.2. The van der Waals surface area contributed by atoms with Gasteiger partial charge in [-0.25, -0.2) is 4.39 Å². The minimum atomic E-state index is -0.385. The van der Waals surface area contributed by atoms with Crippen LogP contribution >= 0.6 is 23.2 Å². The molecule has 2 aromatic rings. The first kappa shape index (κ1) is 23.7. The fourth-order valence-corrected chi connectivity index (χ4v) is 3.09. The van der Waals surface area contributed by atoms with Crippen LogP contribution < -0.4 is 14.8 Å². The minimum Gasteiger partial charge on any atom is -0.493 e. The highest BCUT2D eigenvalue weighted by atomic mass is 35.5. The van der Waals surface area contributed by atoms with E-state index in [0.29, 0.717) is 33.7 Å². The van der Waals surface area contributed by atoms with E-state index in [4.69, 9.17) is 37.4 Å². The summed E-state index contributed by atoms with van der Waals surface area (Å²) in [7, 11) is 1.58. The Hall–Kier alpha value is -1.53. The largest absolute Gasteiger partial charge is 0.493 e. The molecule has 0 aliphatic rings. The van der Waals surface area contributed by atoms with Crippen LogP contribution in [0, 0.1) is 5.82 Å². The topological polar surface area (TPSA) is 39.7 Å². The molecular weight excluding hydrogens is 416 g/mol. The zero-order valence-electron chi connectivity index (χ0n) is 16.9. The third kappa shape index (κ3) is 8.01. The molecule has 29 heavy (non-hydrogen) atoms. The standard InChI is InChI=1S/C22H28Cl2FNO3/c1-3-4-9-28-10-5-8-26-14-17-11-21(27-2)22(13-20(17)24)29-15-16-6-7-18(25)12-19(16)23/h6-7,11-13,26H,3-5,8-10,14-15H2,1-2H3. The SMILES string of the molecule is CCCCOCCCNCc1cc(OC)c(OCc2ccc(F)cc2Cl)cc1Cl. The third-order valence-electron chi connectivity index (χ3n) is 4.33. The van der Waals surface area contributed by atoms with Gasteiger partial charge in [-0.15, -0.1) is 0 Å². The predicted octanol–water partition coefficient (Wildman–Crippen LogP) is 6.02. The normalized spacial score (nSPS) is 10.9. The van der Waals surface area contributed by atoms with Crippen LogP contribution in [0.2, 0.25) is 10.0 Å². The van der Waals surface area contributed by atoms with Gasteiger partial charge in [0.05, 0.1) is 12.1 Å². The average Bonchev–Trinajstić information content (AvgIpc) is 2.70. The lowest BCUT2D eigenvalue weighted by atomic mass is 10.2. The Kier molecular flexibility index (Phi) is 10.6. The van der Waals surface area contributed by atoms with E-state index < -0.39 is 0 Å². The number of hydrogen-bond donors (Lipinski definition) is 1. The molecule has 7 heteroatoms. The van der Waals surface area contributed by atoms with Crippen LogP contribution in [0.1, 0.15) is 37.3 Å². The molecule has 0 fully saturated rings. The van der Waals surface area contributed by atoms with Crippen LogP contribution in [0.25, 0.3) is 0 Å². The van der Waals surface area contributed by atoms with E-state index in [-0.39, 0.29) is 12.4 Å². The molecule has 0 aliphatic heterocycles. The smallest absolute Gasteiger partial charge is 0.163 e. The maximum absolute atomic E-state index is 13.2. The Labute approximate surface area is 182 Å². The molecule has 0 atom stereocenters. The van der Waals surface area contributed by atoms with Gasteiger partial charge >= 0.3 is 0 Å². The van der Waals surface area contributed by atoms with Crippen LogP contribution in [0.3, 0.4) is 0 Å². The second kappa shape index (κ2) is 12.9. The van der Waals surface area contributed by atoms with Crippen molar-refractivity contribution in [2.75, 3.05) is 26.9 Å². The molecule has 160 valence electrons. The van der Waals surface area contributed by atoms with E-state index in [2.05, 4.69) is 12.2 Å². The quantitative estimate of drug-likeness (QED) is 0.384. The van der Waals surface area contributed by atoms with Crippen molar-refractivity contribution in [1.29, 1.82) is 0 Å². The van der Waals surface area contributed by atoms with E-state index >= 15 is 0 Å². The minimum absolute atomic E-state index is 0.182. The molecule has 0 aromatic heterocycles. The molecule has 0 amide bonds. The van der Waals surface area contributed by atoms with Gasteiger partial charge in [0.15, 0.2) is 11.5 Å². The molecule has 0 saturated carbocycles. The van der Waals surface area contributed by atoms with E-state index in [0.717, 1.165) is 44.6 Å². The molecule has 2 aromatic carbocycles. The molecular formula is C22H28Cl2FNO3. The van der Waals surface area contributed by atoms with Crippen molar-refractivity contribution < 1.29 is 18.6 Å². The highest BCUT2D eigenvalue weighted by molar-refractivity contribution is 6.31. The molecule has 0 bridgehead atoms. The summed E-state index contributed by atoms with van der Waals surface area (Å²) in [4.78, 5) is 0. The van der Waals surface area contributed by atoms with E-state index in [9.17, 15) is 4.39 Å². The number of rotatable bonds is 13. The third-order valence-corrected chi connectivity index (χ3v) is 5.03. The summed E-state index contributed by atoms with van der Waals surface area (Å²) >= 11 is 12.5. The van der Waals surface area contributed by atoms with Crippen molar-refractivity contribution in [1.82, 2.24) is 5.32 Å². The number of ether oxygens (including phenoxy) is 3. The lowest BCUT2D eigenvalue weighted by Gasteiger charge is -2.15. The number of halogens is 3.